The summed E-state index contributed by atoms with van der Waals surface area (Å²) in [6, 6.07) is 0.143. The lowest BCUT2D eigenvalue weighted by molar-refractivity contribution is 0.146. The molecule has 1 fully saturated rings. The highest BCUT2D eigenvalue weighted by Gasteiger charge is 2.30. The van der Waals surface area contributed by atoms with Crippen molar-refractivity contribution in [3.05, 3.63) is 17.0 Å². The van der Waals surface area contributed by atoms with Gasteiger partial charge in [0.25, 0.3) is 0 Å². The third-order valence-corrected chi connectivity index (χ3v) is 3.51. The maximum Gasteiger partial charge on any atom is 0.320 e. The molecule has 3 heterocycles. The van der Waals surface area contributed by atoms with Gasteiger partial charge in [-0.05, 0) is 6.92 Å². The van der Waals surface area contributed by atoms with E-state index in [0.29, 0.717) is 13.1 Å². The average molecular weight is 235 g/mol. The minimum absolute atomic E-state index is 0.143. The molecule has 0 radical (unpaired) electrons. The monoisotopic (exact) mass is 235 g/mol. The van der Waals surface area contributed by atoms with Crippen molar-refractivity contribution in [3.63, 3.8) is 0 Å². The molecule has 3 rings (SSSR count). The van der Waals surface area contributed by atoms with E-state index < -0.39 is 0 Å². The van der Waals surface area contributed by atoms with Gasteiger partial charge in [0.2, 0.25) is 0 Å². The number of aromatic amines is 1. The molecule has 1 saturated heterocycles. The number of H-pyrrole nitrogens is 1. The summed E-state index contributed by atoms with van der Waals surface area (Å²) in [7, 11) is 0. The van der Waals surface area contributed by atoms with Gasteiger partial charge in [0.15, 0.2) is 0 Å². The summed E-state index contributed by atoms with van der Waals surface area (Å²) in [6.45, 7) is 6.73. The number of amides is 2. The molecule has 0 unspecified atom stereocenters. The number of hydrogen-bond acceptors (Lipinski definition) is 3. The van der Waals surface area contributed by atoms with Gasteiger partial charge in [0.05, 0.1) is 18.8 Å². The highest BCUT2D eigenvalue weighted by Crippen LogP contribution is 2.24. The molecular formula is C11H17N5O. The molecule has 0 saturated carbocycles. The first-order chi connectivity index (χ1) is 8.25. The number of carbonyl (C=O) groups is 1. The molecule has 17 heavy (non-hydrogen) atoms. The summed E-state index contributed by atoms with van der Waals surface area (Å²) in [5.74, 6) is 0. The predicted octanol–water partition coefficient (Wildman–Crippen LogP) is 0.0589. The van der Waals surface area contributed by atoms with Crippen LogP contribution in [0.2, 0.25) is 0 Å². The molecule has 0 spiro atoms. The Morgan fingerprint density at radius 3 is 2.71 bits per heavy atom. The SMILES string of the molecule is Cc1[nH]nc2c1CN(C(=O)N1CCNCC1)C2. The number of rotatable bonds is 0. The molecule has 2 aliphatic heterocycles. The molecule has 0 bridgehead atoms. The molecule has 2 N–H and O–H groups in total. The molecule has 92 valence electrons. The van der Waals surface area contributed by atoms with Crippen molar-refractivity contribution < 1.29 is 4.79 Å². The Bertz CT molecular complexity index is 435. The van der Waals surface area contributed by atoms with Gasteiger partial charge in [-0.25, -0.2) is 4.79 Å². The Hall–Kier alpha value is -1.56. The Morgan fingerprint density at radius 1 is 1.24 bits per heavy atom. The van der Waals surface area contributed by atoms with Crippen LogP contribution in [0.3, 0.4) is 0 Å². The molecule has 2 amide bonds. The Morgan fingerprint density at radius 2 is 2.00 bits per heavy atom. The van der Waals surface area contributed by atoms with Crippen LogP contribution in [0.25, 0.3) is 0 Å². The van der Waals surface area contributed by atoms with E-state index in [4.69, 9.17) is 0 Å². The zero-order valence-electron chi connectivity index (χ0n) is 9.99. The lowest BCUT2D eigenvalue weighted by atomic mass is 10.2. The number of urea groups is 1. The van der Waals surface area contributed by atoms with Crippen LogP contribution in [0.15, 0.2) is 0 Å². The Balaban J connectivity index is 1.69. The molecule has 1 aromatic heterocycles. The van der Waals surface area contributed by atoms with Gasteiger partial charge in [0, 0.05) is 37.4 Å². The van der Waals surface area contributed by atoms with E-state index in [0.717, 1.165) is 37.6 Å². The smallest absolute Gasteiger partial charge is 0.320 e. The summed E-state index contributed by atoms with van der Waals surface area (Å²) in [6.07, 6.45) is 0. The quantitative estimate of drug-likeness (QED) is 0.668. The molecule has 0 aromatic carbocycles. The minimum atomic E-state index is 0.143. The number of aryl methyl sites for hydroxylation is 1. The van der Waals surface area contributed by atoms with Gasteiger partial charge >= 0.3 is 6.03 Å². The number of piperazine rings is 1. The van der Waals surface area contributed by atoms with Crippen LogP contribution in [0.4, 0.5) is 4.79 Å². The van der Waals surface area contributed by atoms with Crippen LogP contribution < -0.4 is 5.32 Å². The molecule has 2 aliphatic rings. The standard InChI is InChI=1S/C11H17N5O/c1-8-9-6-16(7-10(9)14-13-8)11(17)15-4-2-12-3-5-15/h12H,2-7H2,1H3,(H,13,14). The van der Waals surface area contributed by atoms with Crippen molar-refractivity contribution >= 4 is 6.03 Å². The van der Waals surface area contributed by atoms with Crippen LogP contribution in [-0.4, -0.2) is 52.2 Å². The van der Waals surface area contributed by atoms with E-state index in [2.05, 4.69) is 15.5 Å². The van der Waals surface area contributed by atoms with Gasteiger partial charge < -0.3 is 15.1 Å². The first kappa shape index (κ1) is 10.6. The fourth-order valence-electron chi connectivity index (χ4n) is 2.46. The maximum atomic E-state index is 12.3. The number of fused-ring (bicyclic) bond motifs is 1. The topological polar surface area (TPSA) is 64.3 Å². The summed E-state index contributed by atoms with van der Waals surface area (Å²) in [5.41, 5.74) is 3.29. The van der Waals surface area contributed by atoms with Crippen molar-refractivity contribution in [1.29, 1.82) is 0 Å². The fraction of sp³-hybridized carbons (Fsp3) is 0.636. The first-order valence-corrected chi connectivity index (χ1v) is 6.03. The van der Waals surface area contributed by atoms with E-state index in [1.54, 1.807) is 0 Å². The predicted molar refractivity (Wildman–Crippen MR) is 62.4 cm³/mol. The lowest BCUT2D eigenvalue weighted by Gasteiger charge is -2.31. The summed E-state index contributed by atoms with van der Waals surface area (Å²) < 4.78 is 0. The van der Waals surface area contributed by atoms with Crippen molar-refractivity contribution in [1.82, 2.24) is 25.3 Å². The molecule has 6 nitrogen and oxygen atoms in total. The highest BCUT2D eigenvalue weighted by molar-refractivity contribution is 5.75. The van der Waals surface area contributed by atoms with Crippen LogP contribution in [0, 0.1) is 6.92 Å². The van der Waals surface area contributed by atoms with Crippen LogP contribution in [-0.2, 0) is 13.1 Å². The van der Waals surface area contributed by atoms with Gasteiger partial charge in [0.1, 0.15) is 0 Å². The van der Waals surface area contributed by atoms with Crippen molar-refractivity contribution in [3.8, 4) is 0 Å². The van der Waals surface area contributed by atoms with Crippen molar-refractivity contribution in [2.24, 2.45) is 0 Å². The largest absolute Gasteiger partial charge is 0.322 e. The van der Waals surface area contributed by atoms with E-state index in [1.165, 1.54) is 5.56 Å². The van der Waals surface area contributed by atoms with Crippen molar-refractivity contribution in [2.75, 3.05) is 26.2 Å². The third-order valence-electron chi connectivity index (χ3n) is 3.51. The van der Waals surface area contributed by atoms with E-state index >= 15 is 0 Å². The molecular weight excluding hydrogens is 218 g/mol. The van der Waals surface area contributed by atoms with Gasteiger partial charge in [-0.15, -0.1) is 0 Å². The van der Waals surface area contributed by atoms with Crippen LogP contribution in [0.5, 0.6) is 0 Å². The summed E-state index contributed by atoms with van der Waals surface area (Å²) in [5, 5.41) is 10.4. The van der Waals surface area contributed by atoms with Gasteiger partial charge in [-0.3, -0.25) is 5.10 Å². The number of nitrogens with zero attached hydrogens (tertiary/aromatic N) is 3. The fourth-order valence-corrected chi connectivity index (χ4v) is 2.46. The normalized spacial score (nSPS) is 19.6. The number of carbonyl (C=O) groups excluding carboxylic acids is 1. The maximum absolute atomic E-state index is 12.3. The molecule has 6 heteroatoms. The summed E-state index contributed by atoms with van der Waals surface area (Å²) in [4.78, 5) is 16.1. The summed E-state index contributed by atoms with van der Waals surface area (Å²) >= 11 is 0. The average Bonchev–Trinajstić information content (AvgIpc) is 2.92. The Labute approximate surface area is 100.0 Å². The highest BCUT2D eigenvalue weighted by atomic mass is 16.2. The van der Waals surface area contributed by atoms with Crippen LogP contribution in [0.1, 0.15) is 17.0 Å². The lowest BCUT2D eigenvalue weighted by Crippen LogP contribution is -2.50. The number of hydrogen-bond donors (Lipinski definition) is 2. The first-order valence-electron chi connectivity index (χ1n) is 6.03. The van der Waals surface area contributed by atoms with E-state index in [9.17, 15) is 4.79 Å². The van der Waals surface area contributed by atoms with Crippen LogP contribution >= 0.6 is 0 Å². The van der Waals surface area contributed by atoms with E-state index in [1.807, 2.05) is 16.7 Å². The second-order valence-corrected chi connectivity index (χ2v) is 4.65. The second kappa shape index (κ2) is 4.03. The molecule has 0 aliphatic carbocycles. The third kappa shape index (κ3) is 1.78. The van der Waals surface area contributed by atoms with Gasteiger partial charge in [-0.2, -0.15) is 5.10 Å². The zero-order chi connectivity index (χ0) is 11.8. The minimum Gasteiger partial charge on any atom is -0.322 e. The number of nitrogens with one attached hydrogen (secondary N) is 2. The molecule has 1 aromatic rings. The van der Waals surface area contributed by atoms with E-state index in [-0.39, 0.29) is 6.03 Å². The van der Waals surface area contributed by atoms with Crippen molar-refractivity contribution in [2.45, 2.75) is 20.0 Å². The van der Waals surface area contributed by atoms with Gasteiger partial charge in [-0.1, -0.05) is 0 Å². The Kier molecular flexibility index (Phi) is 2.51. The number of aromatic nitrogens is 2. The second-order valence-electron chi connectivity index (χ2n) is 4.65. The molecule has 0 atom stereocenters. The zero-order valence-corrected chi connectivity index (χ0v) is 9.99.